The number of alkyl halides is 3. The van der Waals surface area contributed by atoms with E-state index >= 15 is 0 Å². The zero-order valence-corrected chi connectivity index (χ0v) is 19.2. The van der Waals surface area contributed by atoms with E-state index in [1.54, 1.807) is 0 Å². The Morgan fingerprint density at radius 3 is 1.07 bits per heavy atom. The van der Waals surface area contributed by atoms with Crippen LogP contribution in [0.5, 0.6) is 0 Å². The van der Waals surface area contributed by atoms with Gasteiger partial charge in [0, 0.05) is 20.1 Å². The Bertz CT molecular complexity index is 890. The first kappa shape index (κ1) is 28.2. The summed E-state index contributed by atoms with van der Waals surface area (Å²) in [6, 6.07) is 32.3. The van der Waals surface area contributed by atoms with Crippen molar-refractivity contribution >= 4 is 34.0 Å². The van der Waals surface area contributed by atoms with E-state index < -0.39 is 23.5 Å². The van der Waals surface area contributed by atoms with E-state index in [9.17, 15) is 13.2 Å². The van der Waals surface area contributed by atoms with E-state index in [0.29, 0.717) is 0 Å². The summed E-state index contributed by atoms with van der Waals surface area (Å²) in [6.07, 6.45) is 0. The van der Waals surface area contributed by atoms with Crippen LogP contribution in [0.2, 0.25) is 0 Å². The van der Waals surface area contributed by atoms with Crippen molar-refractivity contribution in [3.63, 3.8) is 0 Å². The summed E-state index contributed by atoms with van der Waals surface area (Å²) in [4.78, 5) is 0. The molecule has 0 aliphatic rings. The molecule has 0 N–H and O–H groups in total. The molecule has 161 valence electrons. The van der Waals surface area contributed by atoms with E-state index in [0.717, 1.165) is 0 Å². The van der Waals surface area contributed by atoms with Crippen LogP contribution in [0.25, 0.3) is 0 Å². The van der Waals surface area contributed by atoms with Gasteiger partial charge >= 0.3 is 16.8 Å². The second kappa shape index (κ2) is 13.5. The van der Waals surface area contributed by atoms with Crippen LogP contribution in [0, 0.1) is 6.65 Å². The summed E-state index contributed by atoms with van der Waals surface area (Å²) in [5.74, 6) is 0. The number of rotatable bonds is 3. The molecule has 3 aromatic rings. The SMILES string of the molecule is O=S(=O)([O-])C(F)(F)F.[C-]#[O+].[Ir].c1ccc(P(c2ccccc2)c2ccccc2)cc1. The molecule has 0 unspecified atom stereocenters. The monoisotopic (exact) mass is 632 g/mol. The molecule has 1 radical (unpaired) electrons. The van der Waals surface area contributed by atoms with Crippen LogP contribution < -0.4 is 15.9 Å². The van der Waals surface area contributed by atoms with Crippen molar-refractivity contribution in [2.75, 3.05) is 0 Å². The first-order valence-corrected chi connectivity index (χ1v) is 10.6. The van der Waals surface area contributed by atoms with E-state index in [1.807, 2.05) is 0 Å². The van der Waals surface area contributed by atoms with Gasteiger partial charge in [-0.3, -0.25) is 0 Å². The molecule has 30 heavy (non-hydrogen) atoms. The van der Waals surface area contributed by atoms with Crippen LogP contribution in [0.15, 0.2) is 91.0 Å². The molecule has 3 rings (SSSR count). The van der Waals surface area contributed by atoms with Gasteiger partial charge in [-0.25, -0.2) is 8.42 Å². The third-order valence-electron chi connectivity index (χ3n) is 3.33. The molecule has 0 aliphatic carbocycles. The molecule has 0 bridgehead atoms. The maximum atomic E-state index is 10.7. The normalized spacial score (nSPS) is 10.5. The van der Waals surface area contributed by atoms with Crippen LogP contribution >= 0.6 is 7.92 Å². The van der Waals surface area contributed by atoms with Gasteiger partial charge in [-0.2, -0.15) is 13.2 Å². The van der Waals surface area contributed by atoms with Crippen molar-refractivity contribution in [3.05, 3.63) is 97.6 Å². The van der Waals surface area contributed by atoms with Gasteiger partial charge < -0.3 is 4.55 Å². The second-order valence-corrected chi connectivity index (χ2v) is 8.83. The Hall–Kier alpha value is -1.82. The molecular formula is C20H15F3IrO4PS-. The molecule has 4 nitrogen and oxygen atoms in total. The molecule has 0 spiro atoms. The summed E-state index contributed by atoms with van der Waals surface area (Å²) in [6.45, 7) is 4.50. The van der Waals surface area contributed by atoms with Crippen LogP contribution in [0.3, 0.4) is 0 Å². The molecule has 0 aliphatic heterocycles. The molecule has 0 saturated heterocycles. The Morgan fingerprint density at radius 2 is 0.900 bits per heavy atom. The minimum atomic E-state index is -6.09. The van der Waals surface area contributed by atoms with E-state index in [1.165, 1.54) is 15.9 Å². The predicted octanol–water partition coefficient (Wildman–Crippen LogP) is 3.46. The van der Waals surface area contributed by atoms with Gasteiger partial charge in [0.05, 0.1) is 0 Å². The molecule has 3 aromatic carbocycles. The fourth-order valence-electron chi connectivity index (χ4n) is 2.18. The minimum absolute atomic E-state index is 0. The topological polar surface area (TPSA) is 77.1 Å². The first-order chi connectivity index (χ1) is 13.7. The Balaban J connectivity index is 0.000000656. The second-order valence-electron chi connectivity index (χ2n) is 5.24. The van der Waals surface area contributed by atoms with Crippen LogP contribution in [-0.4, -0.2) is 18.5 Å². The fourth-order valence-corrected chi connectivity index (χ4v) is 4.48. The Morgan fingerprint density at radius 1 is 0.700 bits per heavy atom. The quantitative estimate of drug-likeness (QED) is 0.146. The van der Waals surface area contributed by atoms with Crippen molar-refractivity contribution in [3.8, 4) is 0 Å². The average molecular weight is 632 g/mol. The van der Waals surface area contributed by atoms with Gasteiger partial charge in [-0.15, -0.1) is 0 Å². The van der Waals surface area contributed by atoms with Gasteiger partial charge in [0.25, 0.3) is 0 Å². The molecule has 0 atom stereocenters. The summed E-state index contributed by atoms with van der Waals surface area (Å²) in [5, 5.41) is 4.19. The molecule has 0 fully saturated rings. The van der Waals surface area contributed by atoms with E-state index in [4.69, 9.17) is 17.6 Å². The summed E-state index contributed by atoms with van der Waals surface area (Å²) in [5.41, 5.74) is -5.65. The first-order valence-electron chi connectivity index (χ1n) is 7.88. The molecule has 0 heterocycles. The number of halogens is 3. The number of hydrogen-bond donors (Lipinski definition) is 0. The summed E-state index contributed by atoms with van der Waals surface area (Å²) >= 11 is 0. The van der Waals surface area contributed by atoms with Crippen LogP contribution in [0.4, 0.5) is 13.2 Å². The zero-order valence-electron chi connectivity index (χ0n) is 15.1. The van der Waals surface area contributed by atoms with Crippen molar-refractivity contribution in [1.29, 1.82) is 0 Å². The Labute approximate surface area is 187 Å². The third kappa shape index (κ3) is 8.90. The molecule has 0 amide bonds. The van der Waals surface area contributed by atoms with Gasteiger partial charge in [0.2, 0.25) is 0 Å². The van der Waals surface area contributed by atoms with Crippen molar-refractivity contribution in [2.45, 2.75) is 5.51 Å². The Kier molecular flexibility index (Phi) is 12.7. The van der Waals surface area contributed by atoms with Crippen molar-refractivity contribution in [2.24, 2.45) is 0 Å². The summed E-state index contributed by atoms with van der Waals surface area (Å²) < 4.78 is 66.4. The van der Waals surface area contributed by atoms with Gasteiger partial charge in [0.1, 0.15) is 0 Å². The largest absolute Gasteiger partial charge is 0.0622 e. The maximum Gasteiger partial charge on any atom is 0 e. The van der Waals surface area contributed by atoms with Crippen LogP contribution in [-0.2, 0) is 34.9 Å². The fraction of sp³-hybridized carbons (Fsp3) is 0.0500. The van der Waals surface area contributed by atoms with E-state index in [-0.39, 0.29) is 20.1 Å². The van der Waals surface area contributed by atoms with Gasteiger partial charge in [-0.05, 0) is 23.8 Å². The smallest absolute Gasteiger partial charge is 0 e. The number of hydrogen-bond acceptors (Lipinski definition) is 3. The van der Waals surface area contributed by atoms with Crippen molar-refractivity contribution < 1.29 is 50.9 Å². The van der Waals surface area contributed by atoms with Gasteiger partial charge in [-0.1, -0.05) is 91.0 Å². The summed E-state index contributed by atoms with van der Waals surface area (Å²) in [7, 11) is -6.54. The zero-order chi connectivity index (χ0) is 21.9. The standard InChI is InChI=1S/C18H15P.CHF3O3S.CO.Ir/c1-4-10-16(11-5-1)19(17-12-6-2-7-13-17)18-14-8-3-9-15-18;2-1(3,4)8(5,6)7;1-2;/h1-15H;(H,5,6,7);;/p-1. The van der Waals surface area contributed by atoms with E-state index in [2.05, 4.69) is 97.6 Å². The number of benzene rings is 3. The van der Waals surface area contributed by atoms with Gasteiger partial charge in [0.15, 0.2) is 10.1 Å². The molecule has 10 heteroatoms. The molecule has 0 aromatic heterocycles. The predicted molar refractivity (Wildman–Crippen MR) is 105 cm³/mol. The van der Waals surface area contributed by atoms with Crippen molar-refractivity contribution in [1.82, 2.24) is 0 Å². The maximum absolute atomic E-state index is 10.7. The molecule has 0 saturated carbocycles. The minimum Gasteiger partial charge on any atom is -0.0622 e. The third-order valence-corrected chi connectivity index (χ3v) is 6.34. The van der Waals surface area contributed by atoms with Crippen LogP contribution in [0.1, 0.15) is 0 Å². The average Bonchev–Trinajstić information content (AvgIpc) is 2.71. The molecular weight excluding hydrogens is 616 g/mol.